The van der Waals surface area contributed by atoms with Crippen LogP contribution in [0.4, 0.5) is 4.39 Å². The number of thioether (sulfide) groups is 1. The molecule has 0 radical (unpaired) electrons. The Bertz CT molecular complexity index is 1170. The number of amides is 2. The van der Waals surface area contributed by atoms with E-state index in [1.807, 2.05) is 54.6 Å². The third-order valence-electron chi connectivity index (χ3n) is 6.86. The zero-order valence-corrected chi connectivity index (χ0v) is 23.0. The fourth-order valence-corrected chi connectivity index (χ4v) is 5.77. The van der Waals surface area contributed by atoms with Crippen LogP contribution >= 0.6 is 23.4 Å². The molecule has 1 aliphatic carbocycles. The fraction of sp³-hybridized carbons (Fsp3) is 0.355. The molecule has 38 heavy (non-hydrogen) atoms. The molecule has 0 unspecified atom stereocenters. The lowest BCUT2D eigenvalue weighted by Gasteiger charge is -2.32. The quantitative estimate of drug-likeness (QED) is 0.193. The molecule has 3 aromatic rings. The maximum absolute atomic E-state index is 13.7. The number of halogens is 2. The van der Waals surface area contributed by atoms with Crippen molar-refractivity contribution in [3.8, 4) is 0 Å². The molecule has 0 spiro atoms. The van der Waals surface area contributed by atoms with E-state index in [2.05, 4.69) is 5.32 Å². The molecule has 3 aromatic carbocycles. The van der Waals surface area contributed by atoms with Crippen molar-refractivity contribution in [1.82, 2.24) is 10.2 Å². The minimum Gasteiger partial charge on any atom is -0.352 e. The molecule has 0 saturated heterocycles. The topological polar surface area (TPSA) is 49.4 Å². The molecule has 200 valence electrons. The second-order valence-corrected chi connectivity index (χ2v) is 11.4. The maximum Gasteiger partial charge on any atom is 0.243 e. The molecule has 0 aromatic heterocycles. The third kappa shape index (κ3) is 8.60. The number of nitrogens with one attached hydrogen (secondary N) is 1. The average Bonchev–Trinajstić information content (AvgIpc) is 3.44. The predicted molar refractivity (Wildman–Crippen MR) is 153 cm³/mol. The maximum atomic E-state index is 13.7. The van der Waals surface area contributed by atoms with Crippen LogP contribution in [0.3, 0.4) is 0 Å². The van der Waals surface area contributed by atoms with Gasteiger partial charge in [0.2, 0.25) is 11.8 Å². The highest BCUT2D eigenvalue weighted by Crippen LogP contribution is 2.23. The van der Waals surface area contributed by atoms with Crippen LogP contribution in [0.15, 0.2) is 83.8 Å². The lowest BCUT2D eigenvalue weighted by Crippen LogP contribution is -2.52. The van der Waals surface area contributed by atoms with Crippen molar-refractivity contribution in [2.75, 3.05) is 5.75 Å². The zero-order valence-electron chi connectivity index (χ0n) is 21.5. The van der Waals surface area contributed by atoms with Gasteiger partial charge in [-0.05, 0) is 72.5 Å². The minimum atomic E-state index is -0.653. The van der Waals surface area contributed by atoms with Crippen molar-refractivity contribution in [2.45, 2.75) is 68.5 Å². The Morgan fingerprint density at radius 2 is 1.63 bits per heavy atom. The third-order valence-corrected chi connectivity index (χ3v) is 8.21. The Morgan fingerprint density at radius 1 is 0.947 bits per heavy atom. The van der Waals surface area contributed by atoms with Gasteiger partial charge in [0, 0.05) is 35.3 Å². The Balaban J connectivity index is 1.50. The van der Waals surface area contributed by atoms with Gasteiger partial charge in [-0.25, -0.2) is 4.39 Å². The van der Waals surface area contributed by atoms with Gasteiger partial charge in [-0.2, -0.15) is 0 Å². The highest BCUT2D eigenvalue weighted by molar-refractivity contribution is 7.99. The van der Waals surface area contributed by atoms with Crippen LogP contribution in [0.2, 0.25) is 5.02 Å². The molecular formula is C31H34ClFN2O2S. The van der Waals surface area contributed by atoms with Crippen molar-refractivity contribution in [2.24, 2.45) is 0 Å². The van der Waals surface area contributed by atoms with E-state index in [9.17, 15) is 14.0 Å². The molecule has 1 atom stereocenters. The summed E-state index contributed by atoms with van der Waals surface area (Å²) in [7, 11) is 0. The molecule has 4 rings (SSSR count). The molecule has 0 heterocycles. The number of hydrogen-bond donors (Lipinski definition) is 1. The Hall–Kier alpha value is -2.83. The molecule has 0 bridgehead atoms. The number of carbonyl (C=O) groups is 2. The predicted octanol–water partition coefficient (Wildman–Crippen LogP) is 7.05. The number of hydrogen-bond acceptors (Lipinski definition) is 3. The SMILES string of the molecule is O=C(NC1CCCC1)[C@H](Cc1ccccc1)N(Cc1ccc(F)cc1)C(=O)CCCSc1ccc(Cl)cc1. The second kappa shape index (κ2) is 14.4. The lowest BCUT2D eigenvalue weighted by atomic mass is 10.0. The lowest BCUT2D eigenvalue weighted by molar-refractivity contribution is -0.141. The summed E-state index contributed by atoms with van der Waals surface area (Å²) in [4.78, 5) is 30.1. The molecule has 0 aliphatic heterocycles. The number of nitrogens with zero attached hydrogens (tertiary/aromatic N) is 1. The van der Waals surface area contributed by atoms with Crippen LogP contribution in [0, 0.1) is 5.82 Å². The molecule has 1 N–H and O–H groups in total. The van der Waals surface area contributed by atoms with E-state index in [-0.39, 0.29) is 30.2 Å². The van der Waals surface area contributed by atoms with Gasteiger partial charge in [-0.15, -0.1) is 11.8 Å². The largest absolute Gasteiger partial charge is 0.352 e. The summed E-state index contributed by atoms with van der Waals surface area (Å²) in [6, 6.07) is 23.1. The second-order valence-electron chi connectivity index (χ2n) is 9.75. The summed E-state index contributed by atoms with van der Waals surface area (Å²) in [6.07, 6.45) is 5.58. The molecule has 1 saturated carbocycles. The molecule has 4 nitrogen and oxygen atoms in total. The standard InChI is InChI=1S/C31H34ClFN2O2S/c32-25-14-18-28(19-15-25)38-20-6-11-30(36)35(22-24-12-16-26(33)17-13-24)29(21-23-7-2-1-3-8-23)31(37)34-27-9-4-5-10-27/h1-3,7-8,12-19,27,29H,4-6,9-11,20-22H2,(H,34,37)/t29-/m0/s1. The Morgan fingerprint density at radius 3 is 2.32 bits per heavy atom. The van der Waals surface area contributed by atoms with E-state index >= 15 is 0 Å². The highest BCUT2D eigenvalue weighted by atomic mass is 35.5. The summed E-state index contributed by atoms with van der Waals surface area (Å²) in [6.45, 7) is 0.249. The van der Waals surface area contributed by atoms with E-state index in [1.165, 1.54) is 12.1 Å². The van der Waals surface area contributed by atoms with Crippen molar-refractivity contribution in [1.29, 1.82) is 0 Å². The van der Waals surface area contributed by atoms with Crippen LogP contribution < -0.4 is 5.32 Å². The summed E-state index contributed by atoms with van der Waals surface area (Å²) < 4.78 is 13.6. The van der Waals surface area contributed by atoms with Crippen molar-refractivity contribution < 1.29 is 14.0 Å². The number of carbonyl (C=O) groups excluding carboxylic acids is 2. The first-order valence-corrected chi connectivity index (χ1v) is 14.6. The smallest absolute Gasteiger partial charge is 0.243 e. The Kier molecular flexibility index (Phi) is 10.6. The summed E-state index contributed by atoms with van der Waals surface area (Å²) in [5, 5.41) is 3.91. The normalized spacial score (nSPS) is 14.3. The van der Waals surface area contributed by atoms with E-state index < -0.39 is 6.04 Å². The van der Waals surface area contributed by atoms with Crippen LogP contribution in [0.25, 0.3) is 0 Å². The van der Waals surface area contributed by atoms with Gasteiger partial charge in [-0.1, -0.05) is 66.9 Å². The van der Waals surface area contributed by atoms with Gasteiger partial charge in [0.15, 0.2) is 0 Å². The van der Waals surface area contributed by atoms with Crippen molar-refractivity contribution in [3.05, 3.63) is 101 Å². The molecule has 1 fully saturated rings. The molecule has 7 heteroatoms. The van der Waals surface area contributed by atoms with E-state index in [1.54, 1.807) is 28.8 Å². The van der Waals surface area contributed by atoms with Crippen LogP contribution in [-0.4, -0.2) is 34.6 Å². The van der Waals surface area contributed by atoms with Gasteiger partial charge >= 0.3 is 0 Å². The van der Waals surface area contributed by atoms with Gasteiger partial charge < -0.3 is 10.2 Å². The van der Waals surface area contributed by atoms with E-state index in [4.69, 9.17) is 11.6 Å². The first-order chi connectivity index (χ1) is 18.5. The van der Waals surface area contributed by atoms with E-state index in [0.29, 0.717) is 24.3 Å². The fourth-order valence-electron chi connectivity index (χ4n) is 4.80. The minimum absolute atomic E-state index is 0.0754. The number of rotatable bonds is 12. The van der Waals surface area contributed by atoms with Gasteiger partial charge in [0.25, 0.3) is 0 Å². The van der Waals surface area contributed by atoms with Crippen molar-refractivity contribution >= 4 is 35.2 Å². The number of benzene rings is 3. The van der Waals surface area contributed by atoms with Crippen LogP contribution in [0.1, 0.15) is 49.7 Å². The van der Waals surface area contributed by atoms with Crippen LogP contribution in [-0.2, 0) is 22.6 Å². The molecular weight excluding hydrogens is 519 g/mol. The first-order valence-electron chi connectivity index (χ1n) is 13.2. The average molecular weight is 553 g/mol. The highest BCUT2D eigenvalue weighted by Gasteiger charge is 2.31. The van der Waals surface area contributed by atoms with Crippen molar-refractivity contribution in [3.63, 3.8) is 0 Å². The molecule has 2 amide bonds. The van der Waals surface area contributed by atoms with E-state index in [0.717, 1.165) is 47.5 Å². The van der Waals surface area contributed by atoms with Gasteiger partial charge in [-0.3, -0.25) is 9.59 Å². The Labute approximate surface area is 234 Å². The summed E-state index contributed by atoms with van der Waals surface area (Å²) >= 11 is 7.65. The summed E-state index contributed by atoms with van der Waals surface area (Å²) in [5.41, 5.74) is 1.79. The monoisotopic (exact) mass is 552 g/mol. The van der Waals surface area contributed by atoms with Gasteiger partial charge in [0.05, 0.1) is 0 Å². The molecule has 1 aliphatic rings. The zero-order chi connectivity index (χ0) is 26.7. The first kappa shape index (κ1) is 28.2. The van der Waals surface area contributed by atoms with Gasteiger partial charge in [0.1, 0.15) is 11.9 Å². The summed E-state index contributed by atoms with van der Waals surface area (Å²) in [5.74, 6) is 0.251. The van der Waals surface area contributed by atoms with Crippen LogP contribution in [0.5, 0.6) is 0 Å².